The number of benzene rings is 6. The molecule has 1 atom stereocenters. The second-order valence-electron chi connectivity index (χ2n) is 15.5. The van der Waals surface area contributed by atoms with Gasteiger partial charge in [-0.05, 0) is 104 Å². The number of rotatable bonds is 2. The summed E-state index contributed by atoms with van der Waals surface area (Å²) in [5.41, 5.74) is 16.3. The lowest BCUT2D eigenvalue weighted by Gasteiger charge is -2.33. The summed E-state index contributed by atoms with van der Waals surface area (Å²) >= 11 is 0. The van der Waals surface area contributed by atoms with Crippen molar-refractivity contribution in [1.82, 2.24) is 13.8 Å². The van der Waals surface area contributed by atoms with Crippen LogP contribution in [0.3, 0.4) is 0 Å². The number of nitrogens with zero attached hydrogens (tertiary/aromatic N) is 5. The van der Waals surface area contributed by atoms with Crippen LogP contribution >= 0.6 is 0 Å². The van der Waals surface area contributed by atoms with E-state index in [9.17, 15) is 0 Å². The molecule has 55 heavy (non-hydrogen) atoms. The highest BCUT2D eigenvalue weighted by Crippen LogP contribution is 2.56. The van der Waals surface area contributed by atoms with Crippen LogP contribution in [-0.2, 0) is 5.66 Å². The minimum absolute atomic E-state index is 0.738. The van der Waals surface area contributed by atoms with Crippen molar-refractivity contribution in [2.24, 2.45) is 0 Å². The Balaban J connectivity index is 1.20. The average Bonchev–Trinajstić information content (AvgIpc) is 3.91. The highest BCUT2D eigenvalue weighted by molar-refractivity contribution is 6.13. The normalized spacial score (nSPS) is 15.9. The molecular weight excluding hydrogens is 675 g/mol. The van der Waals surface area contributed by atoms with Gasteiger partial charge in [0.15, 0.2) is 11.1 Å². The van der Waals surface area contributed by atoms with Gasteiger partial charge in [-0.2, -0.15) is 9.13 Å². The standard InChI is InChI=1S/C49H35N5O/c1-28-27-36-34-18-9-10-19-37(34)51(32-15-6-5-7-16-32)47(36)29(2)43(28)44-30(3)53-39-21-14-22-40-45(39)49(54(53)31(44)4)46-41(55-40)25-24-35-33-17-8-11-20-38(33)52(48(35)46)42-23-12-13-26-50(42)49/h5-27H,1-4H3/q+2. The molecular formula is C49H35N5O+2. The zero-order valence-electron chi connectivity index (χ0n) is 30.9. The summed E-state index contributed by atoms with van der Waals surface area (Å²) in [6.45, 7) is 9.26. The van der Waals surface area contributed by atoms with Gasteiger partial charge in [-0.25, -0.2) is 0 Å². The molecule has 0 saturated heterocycles. The third kappa shape index (κ3) is 3.19. The van der Waals surface area contributed by atoms with E-state index in [1.165, 1.54) is 94.1 Å². The van der Waals surface area contributed by atoms with Crippen LogP contribution in [0.1, 0.15) is 33.6 Å². The lowest BCUT2D eigenvalue weighted by molar-refractivity contribution is -0.995. The molecule has 0 saturated carbocycles. The molecule has 6 heteroatoms. The van der Waals surface area contributed by atoms with Crippen molar-refractivity contribution in [2.45, 2.75) is 33.4 Å². The SMILES string of the molecule is Cc1cc2c3ccccc3n(-c3ccccc3)c2c(C)c1-c1c(C)n2[n+](c1C)C13c4c(cccc4-2)Oc2ccc4c5ccccc5n(c4c21)-c1cccc[n+]13. The number of hydrogen-bond donors (Lipinski definition) is 0. The van der Waals surface area contributed by atoms with Gasteiger partial charge in [0.2, 0.25) is 5.69 Å². The zero-order chi connectivity index (χ0) is 36.5. The Morgan fingerprint density at radius 1 is 0.564 bits per heavy atom. The number of pyridine rings is 1. The first kappa shape index (κ1) is 29.5. The number of aromatic nitrogens is 5. The maximum absolute atomic E-state index is 6.95. The molecule has 0 bridgehead atoms. The van der Waals surface area contributed by atoms with E-state index in [1.54, 1.807) is 0 Å². The Hall–Kier alpha value is -6.92. The maximum Gasteiger partial charge on any atom is 0.397 e. The summed E-state index contributed by atoms with van der Waals surface area (Å²) in [4.78, 5) is 0. The topological polar surface area (TPSA) is 31.8 Å². The first-order chi connectivity index (χ1) is 27.0. The van der Waals surface area contributed by atoms with Crippen molar-refractivity contribution < 1.29 is 14.0 Å². The number of fused-ring (bicyclic) bond motifs is 10. The van der Waals surface area contributed by atoms with Crippen LogP contribution in [0.15, 0.2) is 140 Å². The Morgan fingerprint density at radius 3 is 2.09 bits per heavy atom. The smallest absolute Gasteiger partial charge is 0.397 e. The highest BCUT2D eigenvalue weighted by Gasteiger charge is 2.70. The van der Waals surface area contributed by atoms with Crippen LogP contribution in [0, 0.1) is 27.7 Å². The van der Waals surface area contributed by atoms with Gasteiger partial charge in [-0.3, -0.25) is 0 Å². The molecule has 6 nitrogen and oxygen atoms in total. The molecule has 0 fully saturated rings. The summed E-state index contributed by atoms with van der Waals surface area (Å²) < 4.78 is 19.4. The van der Waals surface area contributed by atoms with E-state index >= 15 is 0 Å². The third-order valence-electron chi connectivity index (χ3n) is 12.9. The lowest BCUT2D eigenvalue weighted by Crippen LogP contribution is -2.77. The van der Waals surface area contributed by atoms with Crippen molar-refractivity contribution in [3.63, 3.8) is 0 Å². The predicted molar refractivity (Wildman–Crippen MR) is 217 cm³/mol. The molecule has 3 aliphatic heterocycles. The van der Waals surface area contributed by atoms with Crippen molar-refractivity contribution in [1.29, 1.82) is 0 Å². The highest BCUT2D eigenvalue weighted by atomic mass is 16.5. The second kappa shape index (κ2) is 9.78. The summed E-state index contributed by atoms with van der Waals surface area (Å²) in [7, 11) is 0. The molecule has 0 aliphatic carbocycles. The second-order valence-corrected chi connectivity index (χ2v) is 15.5. The molecule has 0 N–H and O–H groups in total. The summed E-state index contributed by atoms with van der Waals surface area (Å²) in [6.07, 6.45) is 2.27. The van der Waals surface area contributed by atoms with E-state index in [2.05, 4.69) is 190 Å². The molecule has 6 aromatic carbocycles. The van der Waals surface area contributed by atoms with Crippen molar-refractivity contribution in [2.75, 3.05) is 0 Å². The predicted octanol–water partition coefficient (Wildman–Crippen LogP) is 10.2. The molecule has 1 unspecified atom stereocenters. The largest absolute Gasteiger partial charge is 0.456 e. The fourth-order valence-electron chi connectivity index (χ4n) is 11.0. The Kier molecular flexibility index (Phi) is 5.25. The average molecular weight is 710 g/mol. The van der Waals surface area contributed by atoms with Gasteiger partial charge in [-0.15, -0.1) is 4.68 Å². The molecule has 1 spiro atoms. The number of para-hydroxylation sites is 3. The Bertz CT molecular complexity index is 3400. The fourth-order valence-corrected chi connectivity index (χ4v) is 11.0. The van der Waals surface area contributed by atoms with Crippen molar-refractivity contribution in [3.05, 3.63) is 173 Å². The van der Waals surface area contributed by atoms with Gasteiger partial charge in [0.1, 0.15) is 28.3 Å². The van der Waals surface area contributed by atoms with Crippen molar-refractivity contribution in [3.8, 4) is 39.8 Å². The van der Waals surface area contributed by atoms with Gasteiger partial charge in [-0.1, -0.05) is 65.3 Å². The lowest BCUT2D eigenvalue weighted by atomic mass is 9.83. The first-order valence-electron chi connectivity index (χ1n) is 19.1. The molecule has 3 aliphatic rings. The van der Waals surface area contributed by atoms with Crippen molar-refractivity contribution >= 4 is 43.6 Å². The zero-order valence-corrected chi connectivity index (χ0v) is 30.9. The number of hydrogen-bond acceptors (Lipinski definition) is 1. The molecule has 7 heterocycles. The van der Waals surface area contributed by atoms with Gasteiger partial charge >= 0.3 is 5.66 Å². The van der Waals surface area contributed by atoms with E-state index in [4.69, 9.17) is 4.74 Å². The Morgan fingerprint density at radius 2 is 1.27 bits per heavy atom. The summed E-state index contributed by atoms with van der Waals surface area (Å²) in [5.74, 6) is 2.92. The van der Waals surface area contributed by atoms with Crippen LogP contribution in [-0.4, -0.2) is 13.8 Å². The van der Waals surface area contributed by atoms with E-state index < -0.39 is 5.66 Å². The van der Waals surface area contributed by atoms with Crippen LogP contribution < -0.4 is 14.0 Å². The van der Waals surface area contributed by atoms with Crippen LogP contribution in [0.4, 0.5) is 0 Å². The van der Waals surface area contributed by atoms with E-state index in [1.807, 2.05) is 0 Å². The molecule has 13 rings (SSSR count). The maximum atomic E-state index is 6.95. The minimum atomic E-state index is -0.738. The number of ether oxygens (including phenoxy) is 1. The molecule has 4 aromatic heterocycles. The van der Waals surface area contributed by atoms with Gasteiger partial charge in [0.05, 0.1) is 28.5 Å². The molecule has 260 valence electrons. The monoisotopic (exact) mass is 709 g/mol. The Labute approximate surface area is 316 Å². The van der Waals surface area contributed by atoms with Gasteiger partial charge < -0.3 is 9.30 Å². The number of aryl methyl sites for hydroxylation is 2. The third-order valence-corrected chi connectivity index (χ3v) is 12.9. The summed E-state index contributed by atoms with van der Waals surface area (Å²) in [5, 5.41) is 5.04. The quantitative estimate of drug-likeness (QED) is 0.165. The molecule has 10 aromatic rings. The first-order valence-corrected chi connectivity index (χ1v) is 19.1. The fraction of sp³-hybridized carbons (Fsp3) is 0.102. The van der Waals surface area contributed by atoms with E-state index in [0.717, 1.165) is 23.0 Å². The van der Waals surface area contributed by atoms with Gasteiger partial charge in [0.25, 0.3) is 5.82 Å². The summed E-state index contributed by atoms with van der Waals surface area (Å²) in [6, 6.07) is 48.5. The molecule has 0 radical (unpaired) electrons. The minimum Gasteiger partial charge on any atom is -0.456 e. The van der Waals surface area contributed by atoms with Crippen LogP contribution in [0.25, 0.3) is 71.9 Å². The van der Waals surface area contributed by atoms with E-state index in [0.29, 0.717) is 0 Å². The van der Waals surface area contributed by atoms with Crippen LogP contribution in [0.2, 0.25) is 0 Å². The van der Waals surface area contributed by atoms with E-state index in [-0.39, 0.29) is 0 Å². The van der Waals surface area contributed by atoms with Crippen LogP contribution in [0.5, 0.6) is 11.5 Å². The van der Waals surface area contributed by atoms with Gasteiger partial charge in [0, 0.05) is 40.2 Å². The molecule has 0 amide bonds.